The quantitative estimate of drug-likeness (QED) is 0.354. The lowest BCUT2D eigenvalue weighted by atomic mass is 10.1. The topological polar surface area (TPSA) is 70.9 Å². The monoisotopic (exact) mass is 261 g/mol. The maximum absolute atomic E-state index is 5.81. The van der Waals surface area contributed by atoms with E-state index in [1.165, 1.54) is 5.56 Å². The van der Waals surface area contributed by atoms with Crippen molar-refractivity contribution in [1.29, 1.82) is 0 Å². The molecule has 1 fully saturated rings. The molecule has 1 aromatic carbocycles. The van der Waals surface area contributed by atoms with Gasteiger partial charge in [-0.2, -0.15) is 0 Å². The third-order valence-electron chi connectivity index (χ3n) is 3.49. The van der Waals surface area contributed by atoms with Crippen LogP contribution in [0, 0.1) is 5.92 Å². The molecule has 0 amide bonds. The molecule has 19 heavy (non-hydrogen) atoms. The molecule has 0 bridgehead atoms. The summed E-state index contributed by atoms with van der Waals surface area (Å²) < 4.78 is 0. The normalized spacial score (nSPS) is 22.3. The fourth-order valence-electron chi connectivity index (χ4n) is 2.59. The Kier molecular flexibility index (Phi) is 4.63. The number of hydrogen-bond donors (Lipinski definition) is 2. The van der Waals surface area contributed by atoms with Crippen LogP contribution in [-0.2, 0) is 6.54 Å². The molecule has 5 nitrogen and oxygen atoms in total. The van der Waals surface area contributed by atoms with Gasteiger partial charge in [0.2, 0.25) is 5.96 Å². The van der Waals surface area contributed by atoms with Crippen LogP contribution in [0.4, 0.5) is 0 Å². The average molecular weight is 261 g/mol. The number of hydrazone groups is 1. The Morgan fingerprint density at radius 1 is 1.26 bits per heavy atom. The van der Waals surface area contributed by atoms with Gasteiger partial charge in [0.1, 0.15) is 0 Å². The SMILES string of the molecule is CC1CN(Cc2ccccc2)CCN(/C(N)=N/N)C1. The van der Waals surface area contributed by atoms with Gasteiger partial charge in [0.05, 0.1) is 0 Å². The predicted molar refractivity (Wildman–Crippen MR) is 78.3 cm³/mol. The zero-order chi connectivity index (χ0) is 13.7. The van der Waals surface area contributed by atoms with Crippen molar-refractivity contribution in [2.75, 3.05) is 26.2 Å². The van der Waals surface area contributed by atoms with Crippen LogP contribution in [0.3, 0.4) is 0 Å². The standard InChI is InChI=1S/C14H23N5/c1-12-9-18(11-13-5-3-2-4-6-13)7-8-19(10-12)14(15)17-16/h2-6,12H,7-11,16H2,1H3,(H2,15,17). The molecule has 1 saturated heterocycles. The predicted octanol–water partition coefficient (Wildman–Crippen LogP) is 0.629. The molecule has 1 aliphatic heterocycles. The van der Waals surface area contributed by atoms with Gasteiger partial charge in [0.25, 0.3) is 0 Å². The van der Waals surface area contributed by atoms with Crippen LogP contribution >= 0.6 is 0 Å². The lowest BCUT2D eigenvalue weighted by Gasteiger charge is -2.22. The summed E-state index contributed by atoms with van der Waals surface area (Å²) in [6.45, 7) is 7.07. The molecule has 0 aliphatic carbocycles. The second kappa shape index (κ2) is 6.43. The summed E-state index contributed by atoms with van der Waals surface area (Å²) in [6.07, 6.45) is 0. The van der Waals surface area contributed by atoms with Crippen LogP contribution in [0.15, 0.2) is 35.4 Å². The van der Waals surface area contributed by atoms with Crippen molar-refractivity contribution in [2.45, 2.75) is 13.5 Å². The van der Waals surface area contributed by atoms with E-state index in [-0.39, 0.29) is 0 Å². The lowest BCUT2D eigenvalue weighted by molar-refractivity contribution is 0.256. The third-order valence-corrected chi connectivity index (χ3v) is 3.49. The average Bonchev–Trinajstić information content (AvgIpc) is 2.60. The molecule has 1 aromatic rings. The van der Waals surface area contributed by atoms with Crippen LogP contribution in [0.2, 0.25) is 0 Å². The number of hydrogen-bond acceptors (Lipinski definition) is 3. The number of rotatable bonds is 2. The van der Waals surface area contributed by atoms with E-state index in [1.807, 2.05) is 0 Å². The van der Waals surface area contributed by atoms with Gasteiger partial charge in [-0.1, -0.05) is 37.3 Å². The number of nitrogens with two attached hydrogens (primary N) is 2. The van der Waals surface area contributed by atoms with E-state index in [2.05, 4.69) is 52.2 Å². The van der Waals surface area contributed by atoms with Crippen LogP contribution in [0.5, 0.6) is 0 Å². The van der Waals surface area contributed by atoms with E-state index in [1.54, 1.807) is 0 Å². The van der Waals surface area contributed by atoms with Gasteiger partial charge < -0.3 is 16.5 Å². The van der Waals surface area contributed by atoms with Gasteiger partial charge in [-0.3, -0.25) is 4.90 Å². The molecule has 1 atom stereocenters. The molecular weight excluding hydrogens is 238 g/mol. The molecule has 1 heterocycles. The van der Waals surface area contributed by atoms with Crippen molar-refractivity contribution in [3.63, 3.8) is 0 Å². The zero-order valence-electron chi connectivity index (χ0n) is 11.5. The molecule has 0 spiro atoms. The van der Waals surface area contributed by atoms with E-state index >= 15 is 0 Å². The fraction of sp³-hybridized carbons (Fsp3) is 0.500. The minimum atomic E-state index is 0.438. The van der Waals surface area contributed by atoms with Gasteiger partial charge in [-0.25, -0.2) is 0 Å². The van der Waals surface area contributed by atoms with Gasteiger partial charge in [0, 0.05) is 32.7 Å². The molecule has 0 radical (unpaired) electrons. The number of guanidine groups is 1. The van der Waals surface area contributed by atoms with E-state index in [0.29, 0.717) is 11.9 Å². The molecule has 0 aromatic heterocycles. The molecule has 5 heteroatoms. The summed E-state index contributed by atoms with van der Waals surface area (Å²) in [6, 6.07) is 10.6. The highest BCUT2D eigenvalue weighted by molar-refractivity contribution is 5.77. The first-order valence-electron chi connectivity index (χ1n) is 6.73. The largest absolute Gasteiger partial charge is 0.368 e. The van der Waals surface area contributed by atoms with E-state index in [4.69, 9.17) is 11.6 Å². The van der Waals surface area contributed by atoms with Gasteiger partial charge in [-0.15, -0.1) is 5.10 Å². The van der Waals surface area contributed by atoms with E-state index in [0.717, 1.165) is 32.7 Å². The van der Waals surface area contributed by atoms with Crippen molar-refractivity contribution < 1.29 is 0 Å². The Hall–Kier alpha value is -1.75. The molecule has 104 valence electrons. The molecular formula is C14H23N5. The van der Waals surface area contributed by atoms with Crippen LogP contribution in [0.25, 0.3) is 0 Å². The highest BCUT2D eigenvalue weighted by atomic mass is 15.3. The van der Waals surface area contributed by atoms with Gasteiger partial charge in [-0.05, 0) is 11.5 Å². The summed E-state index contributed by atoms with van der Waals surface area (Å²) in [5.41, 5.74) is 7.16. The zero-order valence-corrected chi connectivity index (χ0v) is 11.5. The van der Waals surface area contributed by atoms with Crippen LogP contribution in [0.1, 0.15) is 12.5 Å². The summed E-state index contributed by atoms with van der Waals surface area (Å²) in [5.74, 6) is 6.25. The maximum Gasteiger partial charge on any atom is 0.213 e. The molecule has 0 saturated carbocycles. The van der Waals surface area contributed by atoms with Crippen molar-refractivity contribution in [1.82, 2.24) is 9.80 Å². The van der Waals surface area contributed by atoms with E-state index in [9.17, 15) is 0 Å². The maximum atomic E-state index is 5.81. The molecule has 2 rings (SSSR count). The van der Waals surface area contributed by atoms with Crippen molar-refractivity contribution >= 4 is 5.96 Å². The minimum Gasteiger partial charge on any atom is -0.368 e. The first-order valence-corrected chi connectivity index (χ1v) is 6.73. The summed E-state index contributed by atoms with van der Waals surface area (Å²) >= 11 is 0. The van der Waals surface area contributed by atoms with Gasteiger partial charge >= 0.3 is 0 Å². The second-order valence-corrected chi connectivity index (χ2v) is 5.26. The molecule has 4 N–H and O–H groups in total. The fourth-order valence-corrected chi connectivity index (χ4v) is 2.59. The number of benzene rings is 1. The van der Waals surface area contributed by atoms with Crippen molar-refractivity contribution in [3.8, 4) is 0 Å². The second-order valence-electron chi connectivity index (χ2n) is 5.26. The lowest BCUT2D eigenvalue weighted by Crippen LogP contribution is -2.41. The summed E-state index contributed by atoms with van der Waals surface area (Å²) in [5, 5.41) is 3.60. The number of nitrogens with zero attached hydrogens (tertiary/aromatic N) is 3. The Morgan fingerprint density at radius 2 is 2.00 bits per heavy atom. The summed E-state index contributed by atoms with van der Waals surface area (Å²) in [4.78, 5) is 4.53. The first kappa shape index (κ1) is 13.7. The first-order chi connectivity index (χ1) is 9.19. The van der Waals surface area contributed by atoms with E-state index < -0.39 is 0 Å². The van der Waals surface area contributed by atoms with Crippen molar-refractivity contribution in [2.24, 2.45) is 22.6 Å². The highest BCUT2D eigenvalue weighted by Crippen LogP contribution is 2.12. The minimum absolute atomic E-state index is 0.438. The van der Waals surface area contributed by atoms with Crippen molar-refractivity contribution in [3.05, 3.63) is 35.9 Å². The Labute approximate surface area is 114 Å². The van der Waals surface area contributed by atoms with Crippen LogP contribution < -0.4 is 11.6 Å². The third kappa shape index (κ3) is 3.86. The Bertz CT molecular complexity index is 417. The smallest absolute Gasteiger partial charge is 0.213 e. The highest BCUT2D eigenvalue weighted by Gasteiger charge is 2.21. The van der Waals surface area contributed by atoms with Gasteiger partial charge in [0.15, 0.2) is 0 Å². The Morgan fingerprint density at radius 3 is 2.68 bits per heavy atom. The molecule has 1 aliphatic rings. The molecule has 1 unspecified atom stereocenters. The van der Waals surface area contributed by atoms with Crippen LogP contribution in [-0.4, -0.2) is 41.9 Å². The summed E-state index contributed by atoms with van der Waals surface area (Å²) in [7, 11) is 0. The Balaban J connectivity index is 1.97.